The Morgan fingerprint density at radius 1 is 1.16 bits per heavy atom. The van der Waals surface area contributed by atoms with Gasteiger partial charge in [0.25, 0.3) is 0 Å². The van der Waals surface area contributed by atoms with Crippen LogP contribution in [0, 0.1) is 0 Å². The minimum absolute atomic E-state index is 0.461. The van der Waals surface area contributed by atoms with Crippen LogP contribution in [-0.4, -0.2) is 33.0 Å². The number of nitrogens with one attached hydrogen (secondary N) is 1. The molecular formula is C14H13N5. The molecule has 1 aliphatic heterocycles. The fourth-order valence-electron chi connectivity index (χ4n) is 2.48. The van der Waals surface area contributed by atoms with Gasteiger partial charge in [0.05, 0.1) is 17.0 Å². The topological polar surface area (TPSA) is 57.7 Å². The minimum atomic E-state index is 0.461. The number of anilines is 1. The summed E-state index contributed by atoms with van der Waals surface area (Å²) in [7, 11) is 0. The molecule has 3 heterocycles. The molecule has 1 aromatic carbocycles. The first-order chi connectivity index (χ1) is 9.40. The quantitative estimate of drug-likeness (QED) is 0.756. The normalized spacial score (nSPS) is 15.7. The lowest BCUT2D eigenvalue weighted by Crippen LogP contribution is -2.45. The van der Waals surface area contributed by atoms with Crippen LogP contribution in [0.2, 0.25) is 0 Å². The zero-order valence-electron chi connectivity index (χ0n) is 10.3. The maximum Gasteiger partial charge on any atom is 0.131 e. The number of fused-ring (bicyclic) bond motifs is 1. The van der Waals surface area contributed by atoms with Gasteiger partial charge in [-0.3, -0.25) is 0 Å². The number of nitrogens with zero attached hydrogens (tertiary/aromatic N) is 4. The van der Waals surface area contributed by atoms with Crippen LogP contribution in [-0.2, 0) is 0 Å². The first-order valence-electron chi connectivity index (χ1n) is 6.36. The molecule has 3 aromatic rings. The second kappa shape index (κ2) is 4.05. The number of para-hydroxylation sites is 2. The zero-order valence-corrected chi connectivity index (χ0v) is 10.3. The third-order valence-electron chi connectivity index (χ3n) is 3.57. The molecule has 1 fully saturated rings. The highest BCUT2D eigenvalue weighted by Crippen LogP contribution is 2.29. The monoisotopic (exact) mass is 251 g/mol. The lowest BCUT2D eigenvalue weighted by molar-refractivity contribution is 0.501. The number of hydrogen-bond acceptors (Lipinski definition) is 4. The van der Waals surface area contributed by atoms with Crippen LogP contribution in [0.15, 0.2) is 42.9 Å². The van der Waals surface area contributed by atoms with Gasteiger partial charge in [-0.05, 0) is 18.2 Å². The molecule has 4 rings (SSSR count). The van der Waals surface area contributed by atoms with Crippen LogP contribution >= 0.6 is 0 Å². The Hall–Kier alpha value is -2.43. The number of H-pyrrole nitrogens is 1. The van der Waals surface area contributed by atoms with Crippen molar-refractivity contribution in [2.75, 3.05) is 18.0 Å². The maximum absolute atomic E-state index is 4.65. The highest BCUT2D eigenvalue weighted by atomic mass is 15.3. The summed E-state index contributed by atoms with van der Waals surface area (Å²) >= 11 is 0. The number of aromatic nitrogens is 4. The van der Waals surface area contributed by atoms with Crippen LogP contribution in [0.25, 0.3) is 11.0 Å². The first kappa shape index (κ1) is 10.5. The smallest absolute Gasteiger partial charge is 0.131 e. The van der Waals surface area contributed by atoms with E-state index in [0.29, 0.717) is 5.92 Å². The Labute approximate surface area is 110 Å². The van der Waals surface area contributed by atoms with Crippen molar-refractivity contribution < 1.29 is 0 Å². The summed E-state index contributed by atoms with van der Waals surface area (Å²) < 4.78 is 0. The van der Waals surface area contributed by atoms with Crippen molar-refractivity contribution in [3.8, 4) is 0 Å². The molecule has 1 N–H and O–H groups in total. The molecule has 0 bridgehead atoms. The summed E-state index contributed by atoms with van der Waals surface area (Å²) in [6, 6.07) is 10.1. The van der Waals surface area contributed by atoms with Gasteiger partial charge in [0.1, 0.15) is 18.0 Å². The Balaban J connectivity index is 1.54. The predicted molar refractivity (Wildman–Crippen MR) is 73.1 cm³/mol. The molecule has 0 saturated carbocycles. The van der Waals surface area contributed by atoms with Gasteiger partial charge in [-0.25, -0.2) is 15.0 Å². The molecule has 0 radical (unpaired) electrons. The molecule has 1 saturated heterocycles. The molecule has 0 spiro atoms. The number of aromatic amines is 1. The van der Waals surface area contributed by atoms with E-state index < -0.39 is 0 Å². The lowest BCUT2D eigenvalue weighted by atomic mass is 10.00. The van der Waals surface area contributed by atoms with Gasteiger partial charge < -0.3 is 9.88 Å². The van der Waals surface area contributed by atoms with Crippen LogP contribution in [0.4, 0.5) is 5.82 Å². The van der Waals surface area contributed by atoms with Gasteiger partial charge in [-0.15, -0.1) is 0 Å². The average molecular weight is 251 g/mol. The van der Waals surface area contributed by atoms with E-state index in [-0.39, 0.29) is 0 Å². The molecule has 1 aliphatic rings. The van der Waals surface area contributed by atoms with Gasteiger partial charge in [-0.1, -0.05) is 12.1 Å². The van der Waals surface area contributed by atoms with E-state index in [2.05, 4.69) is 30.9 Å². The van der Waals surface area contributed by atoms with Crippen molar-refractivity contribution in [2.24, 2.45) is 0 Å². The van der Waals surface area contributed by atoms with E-state index in [1.54, 1.807) is 12.5 Å². The minimum Gasteiger partial charge on any atom is -0.355 e. The Morgan fingerprint density at radius 3 is 2.84 bits per heavy atom. The Bertz CT molecular complexity index is 667. The van der Waals surface area contributed by atoms with E-state index in [1.165, 1.54) is 0 Å². The third kappa shape index (κ3) is 1.74. The summed E-state index contributed by atoms with van der Waals surface area (Å²) in [4.78, 5) is 18.5. The molecule has 5 heteroatoms. The Morgan fingerprint density at radius 2 is 2.05 bits per heavy atom. The average Bonchev–Trinajstić information content (AvgIpc) is 2.81. The fourth-order valence-corrected chi connectivity index (χ4v) is 2.48. The third-order valence-corrected chi connectivity index (χ3v) is 3.57. The molecule has 19 heavy (non-hydrogen) atoms. The predicted octanol–water partition coefficient (Wildman–Crippen LogP) is 1.96. The summed E-state index contributed by atoms with van der Waals surface area (Å²) in [5.74, 6) is 2.52. The van der Waals surface area contributed by atoms with E-state index in [1.807, 2.05) is 24.3 Å². The van der Waals surface area contributed by atoms with Crippen LogP contribution in [0.5, 0.6) is 0 Å². The van der Waals surface area contributed by atoms with Gasteiger partial charge >= 0.3 is 0 Å². The van der Waals surface area contributed by atoms with Crippen LogP contribution in [0.1, 0.15) is 11.7 Å². The number of benzene rings is 1. The summed E-state index contributed by atoms with van der Waals surface area (Å²) in [6.45, 7) is 1.91. The zero-order chi connectivity index (χ0) is 12.7. The second-order valence-electron chi connectivity index (χ2n) is 4.81. The molecule has 0 unspecified atom stereocenters. The Kier molecular flexibility index (Phi) is 2.24. The standard InChI is InChI=1S/C14H13N5/c1-2-4-12-11(3-1)17-14(18-12)10-7-19(8-10)13-5-6-15-9-16-13/h1-6,9-10H,7-8H2,(H,17,18). The van der Waals surface area contributed by atoms with Crippen LogP contribution < -0.4 is 4.90 Å². The molecule has 2 aromatic heterocycles. The van der Waals surface area contributed by atoms with Crippen molar-refractivity contribution >= 4 is 16.9 Å². The SMILES string of the molecule is c1ccc2[nH]c(C3CN(c4ccncn4)C3)nc2c1. The molecule has 5 nitrogen and oxygen atoms in total. The number of rotatable bonds is 2. The maximum atomic E-state index is 4.65. The van der Waals surface area contributed by atoms with Gasteiger partial charge in [0.15, 0.2) is 0 Å². The van der Waals surface area contributed by atoms with E-state index >= 15 is 0 Å². The van der Waals surface area contributed by atoms with Crippen molar-refractivity contribution in [3.63, 3.8) is 0 Å². The van der Waals surface area contributed by atoms with Crippen molar-refractivity contribution in [3.05, 3.63) is 48.7 Å². The van der Waals surface area contributed by atoms with Crippen molar-refractivity contribution in [1.29, 1.82) is 0 Å². The van der Waals surface area contributed by atoms with Gasteiger partial charge in [0.2, 0.25) is 0 Å². The molecule has 94 valence electrons. The second-order valence-corrected chi connectivity index (χ2v) is 4.81. The summed E-state index contributed by atoms with van der Waals surface area (Å²) in [5.41, 5.74) is 2.15. The first-order valence-corrected chi connectivity index (χ1v) is 6.36. The van der Waals surface area contributed by atoms with Crippen molar-refractivity contribution in [1.82, 2.24) is 19.9 Å². The van der Waals surface area contributed by atoms with Gasteiger partial charge in [-0.2, -0.15) is 0 Å². The molecule has 0 amide bonds. The van der Waals surface area contributed by atoms with E-state index in [0.717, 1.165) is 35.8 Å². The highest BCUT2D eigenvalue weighted by molar-refractivity contribution is 5.75. The summed E-state index contributed by atoms with van der Waals surface area (Å²) in [5, 5.41) is 0. The fraction of sp³-hybridized carbons (Fsp3) is 0.214. The number of imidazole rings is 1. The summed E-state index contributed by atoms with van der Waals surface area (Å²) in [6.07, 6.45) is 3.36. The van der Waals surface area contributed by atoms with Gasteiger partial charge in [0, 0.05) is 19.3 Å². The largest absolute Gasteiger partial charge is 0.355 e. The molecule has 0 atom stereocenters. The highest BCUT2D eigenvalue weighted by Gasteiger charge is 2.31. The van der Waals surface area contributed by atoms with E-state index in [9.17, 15) is 0 Å². The van der Waals surface area contributed by atoms with E-state index in [4.69, 9.17) is 0 Å². The number of hydrogen-bond donors (Lipinski definition) is 1. The lowest BCUT2D eigenvalue weighted by Gasteiger charge is -2.38. The van der Waals surface area contributed by atoms with Crippen LogP contribution in [0.3, 0.4) is 0 Å². The molecule has 0 aliphatic carbocycles. The molecular weight excluding hydrogens is 238 g/mol. The van der Waals surface area contributed by atoms with Crippen molar-refractivity contribution in [2.45, 2.75) is 5.92 Å².